The molecule has 8 aromatic carbocycles. The monoisotopic (exact) mass is 687 g/mol. The van der Waals surface area contributed by atoms with Gasteiger partial charge in [-0.3, -0.25) is 0 Å². The van der Waals surface area contributed by atoms with Gasteiger partial charge < -0.3 is 0 Å². The van der Waals surface area contributed by atoms with Crippen LogP contribution in [0.2, 0.25) is 0 Å². The van der Waals surface area contributed by atoms with Crippen molar-refractivity contribution in [3.05, 3.63) is 200 Å². The fourth-order valence-corrected chi connectivity index (χ4v) is 7.68. The standard InChI is InChI=1S/C51H33N3/c1-4-15-34(16-5-1)40-22-14-23-41(33-40)51-53-49(37-18-6-2-7-19-37)46(50(54-51)38-20-8-3-9-21-38)36-27-29-39(30-28-36)48-44-32-31-35-17-10-11-24-42(35)47(44)43-25-12-13-26-45(43)52-48/h1-33H. The number of nitrogens with zero attached hydrogens (tertiary/aromatic N) is 3. The quantitative estimate of drug-likeness (QED) is 0.163. The maximum absolute atomic E-state index is 5.37. The van der Waals surface area contributed by atoms with Gasteiger partial charge in [0, 0.05) is 44.0 Å². The lowest BCUT2D eigenvalue weighted by Crippen LogP contribution is -2.01. The fraction of sp³-hybridized carbons (Fsp3) is 0. The molecule has 0 saturated carbocycles. The lowest BCUT2D eigenvalue weighted by molar-refractivity contribution is 1.18. The van der Waals surface area contributed by atoms with E-state index >= 15 is 0 Å². The van der Waals surface area contributed by atoms with E-state index < -0.39 is 0 Å². The number of fused-ring (bicyclic) bond motifs is 5. The predicted octanol–water partition coefficient (Wildman–Crippen LogP) is 13.3. The van der Waals surface area contributed by atoms with E-state index in [4.69, 9.17) is 15.0 Å². The number of hydrogen-bond donors (Lipinski definition) is 0. The molecule has 0 bridgehead atoms. The van der Waals surface area contributed by atoms with Crippen molar-refractivity contribution in [1.29, 1.82) is 0 Å². The highest BCUT2D eigenvalue weighted by atomic mass is 14.9. The Morgan fingerprint density at radius 1 is 0.278 bits per heavy atom. The van der Waals surface area contributed by atoms with Crippen molar-refractivity contribution in [1.82, 2.24) is 15.0 Å². The number of pyridine rings is 1. The molecule has 0 radical (unpaired) electrons. The van der Waals surface area contributed by atoms with Gasteiger partial charge in [0.15, 0.2) is 5.82 Å². The van der Waals surface area contributed by atoms with E-state index in [1.165, 1.54) is 16.2 Å². The summed E-state index contributed by atoms with van der Waals surface area (Å²) < 4.78 is 0. The molecule has 0 saturated heterocycles. The fourth-order valence-electron chi connectivity index (χ4n) is 7.68. The minimum absolute atomic E-state index is 0.685. The molecule has 3 nitrogen and oxygen atoms in total. The Hall–Kier alpha value is -7.23. The van der Waals surface area contributed by atoms with Gasteiger partial charge in [0.1, 0.15) is 0 Å². The molecule has 0 amide bonds. The first-order valence-corrected chi connectivity index (χ1v) is 18.3. The third-order valence-electron chi connectivity index (χ3n) is 10.3. The average molecular weight is 688 g/mol. The van der Waals surface area contributed by atoms with Crippen LogP contribution in [0.15, 0.2) is 200 Å². The number of aromatic nitrogens is 3. The molecule has 54 heavy (non-hydrogen) atoms. The first kappa shape index (κ1) is 31.5. The summed E-state index contributed by atoms with van der Waals surface area (Å²) in [5.74, 6) is 0.685. The zero-order chi connectivity index (χ0) is 35.8. The van der Waals surface area contributed by atoms with Crippen LogP contribution in [0.25, 0.3) is 99.9 Å². The Labute approximate surface area is 313 Å². The highest BCUT2D eigenvalue weighted by Gasteiger charge is 2.21. The molecule has 0 aliphatic carbocycles. The van der Waals surface area contributed by atoms with Crippen LogP contribution in [0.3, 0.4) is 0 Å². The lowest BCUT2D eigenvalue weighted by Gasteiger charge is -2.18. The van der Waals surface area contributed by atoms with Crippen molar-refractivity contribution < 1.29 is 0 Å². The Morgan fingerprint density at radius 2 is 0.796 bits per heavy atom. The van der Waals surface area contributed by atoms with Crippen LogP contribution in [0, 0.1) is 0 Å². The summed E-state index contributed by atoms with van der Waals surface area (Å²) in [6.07, 6.45) is 0. The van der Waals surface area contributed by atoms with E-state index in [1.54, 1.807) is 0 Å². The van der Waals surface area contributed by atoms with Crippen LogP contribution in [0.1, 0.15) is 0 Å². The van der Waals surface area contributed by atoms with Crippen molar-refractivity contribution in [3.8, 4) is 67.4 Å². The first-order valence-electron chi connectivity index (χ1n) is 18.3. The second-order valence-corrected chi connectivity index (χ2v) is 13.6. The minimum Gasteiger partial charge on any atom is -0.247 e. The van der Waals surface area contributed by atoms with Gasteiger partial charge in [0.25, 0.3) is 0 Å². The van der Waals surface area contributed by atoms with Gasteiger partial charge in [0.2, 0.25) is 0 Å². The molecule has 0 spiro atoms. The van der Waals surface area contributed by atoms with E-state index in [-0.39, 0.29) is 0 Å². The Morgan fingerprint density at radius 3 is 1.48 bits per heavy atom. The van der Waals surface area contributed by atoms with Crippen LogP contribution in [0.4, 0.5) is 0 Å². The molecule has 0 atom stereocenters. The maximum Gasteiger partial charge on any atom is 0.160 e. The van der Waals surface area contributed by atoms with Gasteiger partial charge in [-0.05, 0) is 39.6 Å². The lowest BCUT2D eigenvalue weighted by atomic mass is 9.92. The third kappa shape index (κ3) is 5.60. The number of hydrogen-bond acceptors (Lipinski definition) is 3. The third-order valence-corrected chi connectivity index (χ3v) is 10.3. The van der Waals surface area contributed by atoms with Gasteiger partial charge >= 0.3 is 0 Å². The molecule has 252 valence electrons. The second-order valence-electron chi connectivity index (χ2n) is 13.6. The van der Waals surface area contributed by atoms with Gasteiger partial charge in [-0.2, -0.15) is 0 Å². The van der Waals surface area contributed by atoms with E-state index in [1.807, 2.05) is 18.2 Å². The maximum atomic E-state index is 5.37. The molecule has 0 aliphatic rings. The molecule has 2 heterocycles. The van der Waals surface area contributed by atoms with E-state index in [0.717, 1.165) is 77.9 Å². The molecule has 2 aromatic heterocycles. The predicted molar refractivity (Wildman–Crippen MR) is 225 cm³/mol. The molecule has 0 fully saturated rings. The van der Waals surface area contributed by atoms with Crippen LogP contribution >= 0.6 is 0 Å². The van der Waals surface area contributed by atoms with E-state index in [2.05, 4.69) is 182 Å². The molecule has 0 aliphatic heterocycles. The van der Waals surface area contributed by atoms with Crippen molar-refractivity contribution in [2.24, 2.45) is 0 Å². The van der Waals surface area contributed by atoms with Crippen LogP contribution in [0.5, 0.6) is 0 Å². The minimum atomic E-state index is 0.685. The highest BCUT2D eigenvalue weighted by molar-refractivity contribution is 6.22. The first-order chi connectivity index (χ1) is 26.8. The normalized spacial score (nSPS) is 11.3. The van der Waals surface area contributed by atoms with Gasteiger partial charge in [-0.25, -0.2) is 15.0 Å². The number of para-hydroxylation sites is 1. The molecule has 10 aromatic rings. The van der Waals surface area contributed by atoms with Crippen LogP contribution < -0.4 is 0 Å². The van der Waals surface area contributed by atoms with Gasteiger partial charge in [-0.15, -0.1) is 0 Å². The van der Waals surface area contributed by atoms with Crippen LogP contribution in [-0.4, -0.2) is 15.0 Å². The summed E-state index contributed by atoms with van der Waals surface area (Å²) in [5, 5.41) is 5.99. The molecular formula is C51H33N3. The largest absolute Gasteiger partial charge is 0.247 e. The smallest absolute Gasteiger partial charge is 0.160 e. The summed E-state index contributed by atoms with van der Waals surface area (Å²) in [6.45, 7) is 0. The topological polar surface area (TPSA) is 38.7 Å². The summed E-state index contributed by atoms with van der Waals surface area (Å²) in [5.41, 5.74) is 12.1. The van der Waals surface area contributed by atoms with Crippen molar-refractivity contribution in [2.45, 2.75) is 0 Å². The Balaban J connectivity index is 1.18. The van der Waals surface area contributed by atoms with Gasteiger partial charge in [0.05, 0.1) is 22.6 Å². The SMILES string of the molecule is c1ccc(-c2cccc(-c3nc(-c4ccccc4)c(-c4ccc(-c5nc6ccccc6c6c5ccc5ccccc56)cc4)c(-c4ccccc4)n3)c2)cc1. The van der Waals surface area contributed by atoms with Crippen LogP contribution in [-0.2, 0) is 0 Å². The molecule has 0 unspecified atom stereocenters. The number of benzene rings is 8. The van der Waals surface area contributed by atoms with Crippen molar-refractivity contribution >= 4 is 32.4 Å². The second kappa shape index (κ2) is 13.4. The van der Waals surface area contributed by atoms with E-state index in [9.17, 15) is 0 Å². The zero-order valence-electron chi connectivity index (χ0n) is 29.4. The molecular weight excluding hydrogens is 655 g/mol. The van der Waals surface area contributed by atoms with Gasteiger partial charge in [-0.1, -0.05) is 188 Å². The average Bonchev–Trinajstić information content (AvgIpc) is 3.26. The summed E-state index contributed by atoms with van der Waals surface area (Å²) in [4.78, 5) is 16.0. The van der Waals surface area contributed by atoms with Crippen molar-refractivity contribution in [2.75, 3.05) is 0 Å². The molecule has 10 rings (SSSR count). The Kier molecular flexibility index (Phi) is 7.81. The van der Waals surface area contributed by atoms with Crippen molar-refractivity contribution in [3.63, 3.8) is 0 Å². The van der Waals surface area contributed by atoms with E-state index in [0.29, 0.717) is 5.82 Å². The zero-order valence-corrected chi connectivity index (χ0v) is 29.4. The highest BCUT2D eigenvalue weighted by Crippen LogP contribution is 2.42. The Bertz CT molecular complexity index is 2880. The summed E-state index contributed by atoms with van der Waals surface area (Å²) in [7, 11) is 0. The summed E-state index contributed by atoms with van der Waals surface area (Å²) in [6, 6.07) is 70.2. The molecule has 0 N–H and O–H groups in total. The molecule has 3 heteroatoms. The number of rotatable bonds is 6. The summed E-state index contributed by atoms with van der Waals surface area (Å²) >= 11 is 0.